The number of benzene rings is 1. The van der Waals surface area contributed by atoms with Crippen LogP contribution in [0.5, 0.6) is 11.6 Å². The highest BCUT2D eigenvalue weighted by molar-refractivity contribution is 5.96. The van der Waals surface area contributed by atoms with E-state index in [2.05, 4.69) is 4.98 Å². The van der Waals surface area contributed by atoms with E-state index in [-0.39, 0.29) is 24.1 Å². The molecular formula is C16H13F4NO3. The highest BCUT2D eigenvalue weighted by atomic mass is 19.3. The van der Waals surface area contributed by atoms with Gasteiger partial charge < -0.3 is 9.84 Å². The SMILES string of the molecule is CC(F)(F)C(F)(F)c1ccc(Oc2ccc(C(=O)CO)cn2)cc1. The summed E-state index contributed by atoms with van der Waals surface area (Å²) in [5.74, 6) is -8.81. The lowest BCUT2D eigenvalue weighted by atomic mass is 10.0. The minimum Gasteiger partial charge on any atom is -0.439 e. The van der Waals surface area contributed by atoms with E-state index >= 15 is 0 Å². The minimum absolute atomic E-state index is 0.0739. The number of hydrogen-bond acceptors (Lipinski definition) is 4. The number of carbonyl (C=O) groups is 1. The van der Waals surface area contributed by atoms with Gasteiger partial charge in [0.05, 0.1) is 0 Å². The number of aliphatic hydroxyl groups is 1. The molecule has 0 aliphatic rings. The topological polar surface area (TPSA) is 59.4 Å². The Morgan fingerprint density at radius 2 is 1.75 bits per heavy atom. The number of nitrogens with zero attached hydrogens (tertiary/aromatic N) is 1. The largest absolute Gasteiger partial charge is 0.439 e. The molecule has 0 aliphatic carbocycles. The van der Waals surface area contributed by atoms with E-state index < -0.39 is 29.8 Å². The maximum Gasteiger partial charge on any atom is 0.335 e. The Kier molecular flexibility index (Phi) is 4.88. The van der Waals surface area contributed by atoms with E-state index in [9.17, 15) is 22.4 Å². The fourth-order valence-corrected chi connectivity index (χ4v) is 1.80. The van der Waals surface area contributed by atoms with Crippen molar-refractivity contribution in [2.24, 2.45) is 0 Å². The van der Waals surface area contributed by atoms with Crippen LogP contribution in [0.15, 0.2) is 42.6 Å². The Bertz CT molecular complexity index is 710. The standard InChI is InChI=1S/C16H13F4NO3/c1-15(17,18)16(19,20)11-3-5-12(6-4-11)24-14-7-2-10(8-21-14)13(23)9-22/h2-8,22H,9H2,1H3. The second kappa shape index (κ2) is 6.56. The molecule has 1 aromatic carbocycles. The quantitative estimate of drug-likeness (QED) is 0.640. The average Bonchev–Trinajstić information content (AvgIpc) is 2.54. The van der Waals surface area contributed by atoms with E-state index in [1.165, 1.54) is 18.3 Å². The second-order valence-electron chi connectivity index (χ2n) is 5.06. The van der Waals surface area contributed by atoms with Crippen molar-refractivity contribution >= 4 is 5.78 Å². The van der Waals surface area contributed by atoms with E-state index in [0.717, 1.165) is 24.3 Å². The van der Waals surface area contributed by atoms with Gasteiger partial charge >= 0.3 is 11.8 Å². The van der Waals surface area contributed by atoms with Gasteiger partial charge in [0.1, 0.15) is 12.4 Å². The highest BCUT2D eigenvalue weighted by Gasteiger charge is 2.53. The number of aromatic nitrogens is 1. The van der Waals surface area contributed by atoms with Crippen LogP contribution in [0.25, 0.3) is 0 Å². The molecule has 0 atom stereocenters. The number of alkyl halides is 4. The third kappa shape index (κ3) is 3.70. The van der Waals surface area contributed by atoms with Gasteiger partial charge in [0.2, 0.25) is 5.88 Å². The lowest BCUT2D eigenvalue weighted by Crippen LogP contribution is -2.34. The number of Topliss-reactive ketones (excluding diaryl/α,β-unsaturated/α-hetero) is 1. The molecule has 0 amide bonds. The smallest absolute Gasteiger partial charge is 0.335 e. The third-order valence-electron chi connectivity index (χ3n) is 3.19. The maximum absolute atomic E-state index is 13.5. The summed E-state index contributed by atoms with van der Waals surface area (Å²) in [6.45, 7) is -0.504. The second-order valence-corrected chi connectivity index (χ2v) is 5.06. The normalized spacial score (nSPS) is 12.1. The molecule has 1 aromatic heterocycles. The highest BCUT2D eigenvalue weighted by Crippen LogP contribution is 2.42. The lowest BCUT2D eigenvalue weighted by Gasteiger charge is -2.23. The van der Waals surface area contributed by atoms with Gasteiger partial charge in [-0.3, -0.25) is 4.79 Å². The number of halogens is 4. The first kappa shape index (κ1) is 17.9. The van der Waals surface area contributed by atoms with Gasteiger partial charge in [-0.15, -0.1) is 0 Å². The minimum atomic E-state index is -4.30. The number of carbonyl (C=O) groups excluding carboxylic acids is 1. The molecule has 128 valence electrons. The van der Waals surface area contributed by atoms with Gasteiger partial charge in [-0.05, 0) is 30.3 Å². The molecule has 0 spiro atoms. The molecule has 4 nitrogen and oxygen atoms in total. The zero-order chi connectivity index (χ0) is 18.0. The molecule has 0 unspecified atom stereocenters. The zero-order valence-corrected chi connectivity index (χ0v) is 12.5. The summed E-state index contributed by atoms with van der Waals surface area (Å²) in [6, 6.07) is 6.65. The van der Waals surface area contributed by atoms with Crippen molar-refractivity contribution < 1.29 is 32.2 Å². The number of ketones is 1. The predicted molar refractivity (Wildman–Crippen MR) is 76.7 cm³/mol. The van der Waals surface area contributed by atoms with Crippen LogP contribution in [0.4, 0.5) is 17.6 Å². The number of pyridine rings is 1. The molecule has 8 heteroatoms. The van der Waals surface area contributed by atoms with Gasteiger partial charge in [0.25, 0.3) is 0 Å². The Hall–Kier alpha value is -2.48. The van der Waals surface area contributed by atoms with Crippen molar-refractivity contribution in [3.63, 3.8) is 0 Å². The summed E-state index contributed by atoms with van der Waals surface area (Å²) in [7, 11) is 0. The van der Waals surface area contributed by atoms with E-state index in [1.54, 1.807) is 0 Å². The zero-order valence-electron chi connectivity index (χ0n) is 12.5. The van der Waals surface area contributed by atoms with Gasteiger partial charge in [-0.25, -0.2) is 4.98 Å². The van der Waals surface area contributed by atoms with E-state index in [1.807, 2.05) is 0 Å². The number of aliphatic hydroxyl groups excluding tert-OH is 1. The molecule has 2 rings (SSSR count). The Labute approximate surface area is 134 Å². The number of hydrogen-bond donors (Lipinski definition) is 1. The molecule has 0 bridgehead atoms. The van der Waals surface area contributed by atoms with Crippen LogP contribution in [0, 0.1) is 0 Å². The molecule has 0 saturated heterocycles. The summed E-state index contributed by atoms with van der Waals surface area (Å²) >= 11 is 0. The van der Waals surface area contributed by atoms with Gasteiger partial charge in [0.15, 0.2) is 5.78 Å². The first-order valence-electron chi connectivity index (χ1n) is 6.79. The van der Waals surface area contributed by atoms with Crippen LogP contribution in [0.1, 0.15) is 22.8 Å². The summed E-state index contributed by atoms with van der Waals surface area (Å²) in [5.41, 5.74) is -0.649. The molecule has 0 radical (unpaired) electrons. The molecule has 0 saturated carbocycles. The molecule has 0 fully saturated rings. The van der Waals surface area contributed by atoms with Crippen LogP contribution in [-0.2, 0) is 5.92 Å². The summed E-state index contributed by atoms with van der Waals surface area (Å²) in [6.07, 6.45) is 1.19. The average molecular weight is 343 g/mol. The molecule has 1 heterocycles. The molecule has 2 aromatic rings. The van der Waals surface area contributed by atoms with E-state index in [0.29, 0.717) is 0 Å². The number of rotatable bonds is 6. The van der Waals surface area contributed by atoms with Crippen LogP contribution in [-0.4, -0.2) is 28.4 Å². The molecule has 1 N–H and O–H groups in total. The van der Waals surface area contributed by atoms with E-state index in [4.69, 9.17) is 9.84 Å². The monoisotopic (exact) mass is 343 g/mol. The predicted octanol–water partition coefficient (Wildman–Crippen LogP) is 3.80. The summed E-state index contributed by atoms with van der Waals surface area (Å²) in [5, 5.41) is 8.72. The fraction of sp³-hybridized carbons (Fsp3) is 0.250. The van der Waals surface area contributed by atoms with Crippen molar-refractivity contribution in [3.8, 4) is 11.6 Å². The van der Waals surface area contributed by atoms with Crippen LogP contribution < -0.4 is 4.74 Å². The Morgan fingerprint density at radius 1 is 1.12 bits per heavy atom. The van der Waals surface area contributed by atoms with Gasteiger partial charge in [0, 0.05) is 30.3 Å². The summed E-state index contributed by atoms with van der Waals surface area (Å²) in [4.78, 5) is 15.1. The third-order valence-corrected chi connectivity index (χ3v) is 3.19. The van der Waals surface area contributed by atoms with Crippen LogP contribution in [0.3, 0.4) is 0 Å². The van der Waals surface area contributed by atoms with Crippen LogP contribution >= 0.6 is 0 Å². The molecular weight excluding hydrogens is 330 g/mol. The number of ether oxygens (including phenoxy) is 1. The van der Waals surface area contributed by atoms with Crippen molar-refractivity contribution in [1.29, 1.82) is 0 Å². The Balaban J connectivity index is 2.13. The van der Waals surface area contributed by atoms with Crippen molar-refractivity contribution in [2.75, 3.05) is 6.61 Å². The molecule has 0 aliphatic heterocycles. The first-order chi connectivity index (χ1) is 11.1. The maximum atomic E-state index is 13.5. The lowest BCUT2D eigenvalue weighted by molar-refractivity contribution is -0.204. The fourth-order valence-electron chi connectivity index (χ4n) is 1.80. The van der Waals surface area contributed by atoms with Gasteiger partial charge in [-0.1, -0.05) is 0 Å². The first-order valence-corrected chi connectivity index (χ1v) is 6.79. The Morgan fingerprint density at radius 3 is 2.21 bits per heavy atom. The van der Waals surface area contributed by atoms with Crippen molar-refractivity contribution in [1.82, 2.24) is 4.98 Å². The van der Waals surface area contributed by atoms with Crippen molar-refractivity contribution in [2.45, 2.75) is 18.8 Å². The molecule has 24 heavy (non-hydrogen) atoms. The van der Waals surface area contributed by atoms with Gasteiger partial charge in [-0.2, -0.15) is 17.6 Å². The van der Waals surface area contributed by atoms with Crippen molar-refractivity contribution in [3.05, 3.63) is 53.7 Å². The van der Waals surface area contributed by atoms with Crippen LogP contribution in [0.2, 0.25) is 0 Å². The summed E-state index contributed by atoms with van der Waals surface area (Å²) < 4.78 is 58.2.